The number of para-hydroxylation sites is 1. The maximum Gasteiger partial charge on any atom is 0.264 e. The second kappa shape index (κ2) is 6.31. The Hall–Kier alpha value is -3.00. The van der Waals surface area contributed by atoms with Crippen molar-refractivity contribution in [2.45, 2.75) is 31.7 Å². The fourth-order valence-corrected chi connectivity index (χ4v) is 4.26. The van der Waals surface area contributed by atoms with Gasteiger partial charge in [-0.1, -0.05) is 12.1 Å². The first-order valence-corrected chi connectivity index (χ1v) is 10.0. The largest absolute Gasteiger partial charge is 0.278 e. The Bertz CT molecular complexity index is 1260. The minimum absolute atomic E-state index is 0.137. The minimum Gasteiger partial charge on any atom is -0.278 e. The number of rotatable bonds is 4. The Morgan fingerprint density at radius 1 is 1.04 bits per heavy atom. The fourth-order valence-electron chi connectivity index (χ4n) is 3.04. The van der Waals surface area contributed by atoms with Gasteiger partial charge in [-0.3, -0.25) is 9.71 Å². The summed E-state index contributed by atoms with van der Waals surface area (Å²) in [5.41, 5.74) is 2.52. The van der Waals surface area contributed by atoms with Gasteiger partial charge >= 0.3 is 0 Å². The lowest BCUT2D eigenvalue weighted by molar-refractivity contribution is 0.546. The molecule has 0 atom stereocenters. The van der Waals surface area contributed by atoms with Crippen LogP contribution in [0.4, 0.5) is 5.69 Å². The van der Waals surface area contributed by atoms with Crippen molar-refractivity contribution >= 4 is 37.6 Å². The quantitative estimate of drug-likeness (QED) is 0.582. The molecule has 1 aromatic carbocycles. The number of benzene rings is 1. The highest BCUT2D eigenvalue weighted by Gasteiger charge is 2.19. The number of anilines is 1. The van der Waals surface area contributed by atoms with Crippen LogP contribution < -0.4 is 4.72 Å². The summed E-state index contributed by atoms with van der Waals surface area (Å²) < 4.78 is 30.3. The van der Waals surface area contributed by atoms with Gasteiger partial charge in [0.15, 0.2) is 5.65 Å². The molecule has 27 heavy (non-hydrogen) atoms. The molecule has 138 valence electrons. The summed E-state index contributed by atoms with van der Waals surface area (Å²) in [6, 6.07) is 8.93. The molecule has 0 spiro atoms. The molecular weight excluding hydrogens is 362 g/mol. The first kappa shape index (κ1) is 17.4. The Balaban J connectivity index is 1.75. The highest BCUT2D eigenvalue weighted by atomic mass is 32.2. The van der Waals surface area contributed by atoms with Crippen molar-refractivity contribution in [2.24, 2.45) is 0 Å². The maximum atomic E-state index is 13.0. The topological polar surface area (TPSA) is 89.8 Å². The monoisotopic (exact) mass is 381 g/mol. The molecule has 0 bridgehead atoms. The van der Waals surface area contributed by atoms with E-state index in [1.54, 1.807) is 35.3 Å². The molecule has 0 amide bonds. The second-order valence-corrected chi connectivity index (χ2v) is 8.42. The Morgan fingerprint density at radius 3 is 2.63 bits per heavy atom. The highest BCUT2D eigenvalue weighted by molar-refractivity contribution is 7.93. The number of aromatic nitrogens is 4. The smallest absolute Gasteiger partial charge is 0.264 e. The first-order valence-electron chi connectivity index (χ1n) is 8.56. The zero-order valence-electron chi connectivity index (χ0n) is 15.2. The lowest BCUT2D eigenvalue weighted by Gasteiger charge is -2.11. The summed E-state index contributed by atoms with van der Waals surface area (Å²) in [5, 5.41) is 5.86. The van der Waals surface area contributed by atoms with Crippen molar-refractivity contribution in [1.82, 2.24) is 19.7 Å². The van der Waals surface area contributed by atoms with Crippen molar-refractivity contribution in [3.63, 3.8) is 0 Å². The Labute approximate surface area is 157 Å². The van der Waals surface area contributed by atoms with Crippen LogP contribution in [0.2, 0.25) is 0 Å². The number of nitrogens with one attached hydrogen (secondary N) is 1. The van der Waals surface area contributed by atoms with Crippen LogP contribution in [0.3, 0.4) is 0 Å². The van der Waals surface area contributed by atoms with Crippen LogP contribution in [0, 0.1) is 6.92 Å². The van der Waals surface area contributed by atoms with E-state index in [-0.39, 0.29) is 10.9 Å². The second-order valence-electron chi connectivity index (χ2n) is 6.77. The van der Waals surface area contributed by atoms with Crippen LogP contribution in [0.15, 0.2) is 53.8 Å². The summed E-state index contributed by atoms with van der Waals surface area (Å²) in [6.45, 7) is 5.95. The number of sulfonamides is 1. The molecule has 4 aromatic rings. The van der Waals surface area contributed by atoms with Gasteiger partial charge in [-0.25, -0.2) is 18.1 Å². The normalized spacial score (nSPS) is 12.1. The van der Waals surface area contributed by atoms with E-state index >= 15 is 0 Å². The lowest BCUT2D eigenvalue weighted by atomic mass is 10.2. The third-order valence-corrected chi connectivity index (χ3v) is 5.69. The van der Waals surface area contributed by atoms with Crippen molar-refractivity contribution in [3.8, 4) is 0 Å². The van der Waals surface area contributed by atoms with Crippen LogP contribution >= 0.6 is 0 Å². The number of hydrogen-bond acceptors (Lipinski definition) is 5. The Morgan fingerprint density at radius 2 is 1.85 bits per heavy atom. The van der Waals surface area contributed by atoms with E-state index in [1.807, 2.05) is 32.9 Å². The zero-order chi connectivity index (χ0) is 19.2. The summed E-state index contributed by atoms with van der Waals surface area (Å²) in [4.78, 5) is 8.82. The van der Waals surface area contributed by atoms with Gasteiger partial charge < -0.3 is 0 Å². The van der Waals surface area contributed by atoms with E-state index in [2.05, 4.69) is 19.8 Å². The molecule has 0 saturated carbocycles. The maximum absolute atomic E-state index is 13.0. The van der Waals surface area contributed by atoms with Gasteiger partial charge in [0.25, 0.3) is 10.0 Å². The van der Waals surface area contributed by atoms with Crippen molar-refractivity contribution in [1.29, 1.82) is 0 Å². The summed E-state index contributed by atoms with van der Waals surface area (Å²) >= 11 is 0. The SMILES string of the molecule is Cc1cnc2c(S(=O)(=O)Nc3cnc4c(cnn4C(C)C)c3)cccc2c1. The van der Waals surface area contributed by atoms with Crippen LogP contribution in [0.25, 0.3) is 21.9 Å². The molecule has 1 N–H and O–H groups in total. The summed E-state index contributed by atoms with van der Waals surface area (Å²) in [6.07, 6.45) is 4.85. The summed E-state index contributed by atoms with van der Waals surface area (Å²) in [7, 11) is -3.81. The molecule has 4 rings (SSSR count). The average Bonchev–Trinajstić information content (AvgIpc) is 3.04. The van der Waals surface area contributed by atoms with E-state index in [9.17, 15) is 8.42 Å². The van der Waals surface area contributed by atoms with Gasteiger partial charge in [0.1, 0.15) is 4.90 Å². The molecule has 0 unspecified atom stereocenters. The fraction of sp³-hybridized carbons (Fsp3) is 0.211. The van der Waals surface area contributed by atoms with E-state index < -0.39 is 10.0 Å². The first-order chi connectivity index (χ1) is 12.8. The predicted octanol–water partition coefficient (Wildman–Crippen LogP) is 3.67. The van der Waals surface area contributed by atoms with Gasteiger partial charge in [-0.05, 0) is 44.5 Å². The number of fused-ring (bicyclic) bond motifs is 2. The molecule has 0 fully saturated rings. The molecule has 0 aliphatic heterocycles. The van der Waals surface area contributed by atoms with Gasteiger partial charge in [0.2, 0.25) is 0 Å². The van der Waals surface area contributed by atoms with Crippen LogP contribution in [-0.2, 0) is 10.0 Å². The van der Waals surface area contributed by atoms with Crippen molar-refractivity contribution in [2.75, 3.05) is 4.72 Å². The molecular formula is C19H19N5O2S. The van der Waals surface area contributed by atoms with Crippen LogP contribution in [0.1, 0.15) is 25.5 Å². The summed E-state index contributed by atoms with van der Waals surface area (Å²) in [5.74, 6) is 0. The molecule has 8 heteroatoms. The third kappa shape index (κ3) is 3.12. The van der Waals surface area contributed by atoms with Gasteiger partial charge in [0, 0.05) is 23.0 Å². The van der Waals surface area contributed by atoms with Gasteiger partial charge in [-0.15, -0.1) is 0 Å². The molecule has 0 aliphatic carbocycles. The Kier molecular flexibility index (Phi) is 4.07. The number of aryl methyl sites for hydroxylation is 1. The van der Waals surface area contributed by atoms with Crippen molar-refractivity contribution in [3.05, 3.63) is 54.5 Å². The average molecular weight is 381 g/mol. The van der Waals surface area contributed by atoms with E-state index in [0.717, 1.165) is 22.0 Å². The van der Waals surface area contributed by atoms with E-state index in [0.29, 0.717) is 11.2 Å². The number of pyridine rings is 2. The molecule has 3 heterocycles. The minimum atomic E-state index is -3.81. The van der Waals surface area contributed by atoms with Crippen LogP contribution in [-0.4, -0.2) is 28.2 Å². The molecule has 7 nitrogen and oxygen atoms in total. The third-order valence-electron chi connectivity index (χ3n) is 4.27. The van der Waals surface area contributed by atoms with Gasteiger partial charge in [0.05, 0.1) is 23.6 Å². The van der Waals surface area contributed by atoms with Crippen molar-refractivity contribution < 1.29 is 8.42 Å². The van der Waals surface area contributed by atoms with E-state index in [1.165, 1.54) is 6.20 Å². The molecule has 0 aliphatic rings. The molecule has 0 radical (unpaired) electrons. The lowest BCUT2D eigenvalue weighted by Crippen LogP contribution is -2.14. The van der Waals surface area contributed by atoms with Gasteiger partial charge in [-0.2, -0.15) is 5.10 Å². The standard InChI is InChI=1S/C19H19N5O2S/c1-12(2)24-19-15(10-22-24)8-16(11-21-19)23-27(25,26)17-6-4-5-14-7-13(3)9-20-18(14)17/h4-12,23H,1-3H3. The van der Waals surface area contributed by atoms with Crippen LogP contribution in [0.5, 0.6) is 0 Å². The number of nitrogens with zero attached hydrogens (tertiary/aromatic N) is 4. The number of hydrogen-bond donors (Lipinski definition) is 1. The predicted molar refractivity (Wildman–Crippen MR) is 105 cm³/mol. The molecule has 3 aromatic heterocycles. The zero-order valence-corrected chi connectivity index (χ0v) is 16.0. The highest BCUT2D eigenvalue weighted by Crippen LogP contribution is 2.25. The molecule has 0 saturated heterocycles. The van der Waals surface area contributed by atoms with E-state index in [4.69, 9.17) is 0 Å².